The molecule has 0 unspecified atom stereocenters. The Hall–Kier alpha value is -1.03. The van der Waals surface area contributed by atoms with Gasteiger partial charge in [-0.25, -0.2) is 9.18 Å². The van der Waals surface area contributed by atoms with E-state index in [0.29, 0.717) is 4.90 Å². The number of thioether (sulfide) groups is 1. The molecular formula is C11H13FO2S. The zero-order valence-corrected chi connectivity index (χ0v) is 9.69. The third kappa shape index (κ3) is 3.23. The van der Waals surface area contributed by atoms with Crippen LogP contribution in [0.3, 0.4) is 0 Å². The quantitative estimate of drug-likeness (QED) is 0.788. The number of carboxylic acid groups (broad SMARTS) is 1. The average molecular weight is 228 g/mol. The van der Waals surface area contributed by atoms with Crippen molar-refractivity contribution < 1.29 is 14.3 Å². The van der Waals surface area contributed by atoms with E-state index in [1.807, 2.05) is 20.8 Å². The van der Waals surface area contributed by atoms with Crippen molar-refractivity contribution in [2.75, 3.05) is 0 Å². The highest BCUT2D eigenvalue weighted by Crippen LogP contribution is 2.34. The van der Waals surface area contributed by atoms with Crippen molar-refractivity contribution in [2.24, 2.45) is 0 Å². The van der Waals surface area contributed by atoms with E-state index in [0.717, 1.165) is 6.07 Å². The minimum atomic E-state index is -1.22. The van der Waals surface area contributed by atoms with Gasteiger partial charge in [0.2, 0.25) is 0 Å². The summed E-state index contributed by atoms with van der Waals surface area (Å²) >= 11 is 1.35. The van der Waals surface area contributed by atoms with Crippen molar-refractivity contribution in [1.82, 2.24) is 0 Å². The Labute approximate surface area is 92.5 Å². The van der Waals surface area contributed by atoms with Crippen molar-refractivity contribution in [2.45, 2.75) is 30.4 Å². The summed E-state index contributed by atoms with van der Waals surface area (Å²) in [4.78, 5) is 11.3. The maximum Gasteiger partial charge on any atom is 0.339 e. The molecule has 1 N–H and O–H groups in total. The van der Waals surface area contributed by atoms with Gasteiger partial charge < -0.3 is 5.11 Å². The Morgan fingerprint density at radius 2 is 2.00 bits per heavy atom. The molecule has 1 aromatic rings. The molecule has 1 rings (SSSR count). The second-order valence-electron chi connectivity index (χ2n) is 4.13. The molecule has 0 heterocycles. The second kappa shape index (κ2) is 4.23. The van der Waals surface area contributed by atoms with E-state index in [1.165, 1.54) is 17.8 Å². The molecule has 2 nitrogen and oxygen atoms in total. The van der Waals surface area contributed by atoms with Crippen LogP contribution in [-0.4, -0.2) is 15.8 Å². The molecule has 0 spiro atoms. The van der Waals surface area contributed by atoms with E-state index in [2.05, 4.69) is 0 Å². The van der Waals surface area contributed by atoms with Crippen LogP contribution < -0.4 is 0 Å². The van der Waals surface area contributed by atoms with Gasteiger partial charge >= 0.3 is 5.97 Å². The highest BCUT2D eigenvalue weighted by molar-refractivity contribution is 8.00. The Balaban J connectivity index is 3.18. The fourth-order valence-electron chi connectivity index (χ4n) is 1.13. The van der Waals surface area contributed by atoms with Crippen LogP contribution in [0.2, 0.25) is 0 Å². The number of rotatable bonds is 2. The fraction of sp³-hybridized carbons (Fsp3) is 0.364. The molecule has 0 aromatic heterocycles. The van der Waals surface area contributed by atoms with Gasteiger partial charge in [0.25, 0.3) is 0 Å². The van der Waals surface area contributed by atoms with Crippen molar-refractivity contribution >= 4 is 17.7 Å². The lowest BCUT2D eigenvalue weighted by molar-refractivity contribution is 0.0688. The summed E-state index contributed by atoms with van der Waals surface area (Å²) in [5.74, 6) is -1.91. The van der Waals surface area contributed by atoms with Crippen LogP contribution in [0.1, 0.15) is 31.1 Å². The zero-order valence-electron chi connectivity index (χ0n) is 8.87. The average Bonchev–Trinajstić information content (AvgIpc) is 1.99. The number of carbonyl (C=O) groups is 1. The largest absolute Gasteiger partial charge is 0.478 e. The van der Waals surface area contributed by atoms with E-state index in [9.17, 15) is 9.18 Å². The predicted octanol–water partition coefficient (Wildman–Crippen LogP) is 3.41. The summed E-state index contributed by atoms with van der Waals surface area (Å²) in [5.41, 5.74) is -0.238. The molecular weight excluding hydrogens is 215 g/mol. The van der Waals surface area contributed by atoms with Crippen LogP contribution in [0, 0.1) is 5.82 Å². The van der Waals surface area contributed by atoms with Crippen LogP contribution in [0.25, 0.3) is 0 Å². The molecule has 0 aliphatic carbocycles. The van der Waals surface area contributed by atoms with Crippen LogP contribution in [0.5, 0.6) is 0 Å². The van der Waals surface area contributed by atoms with Crippen molar-refractivity contribution in [1.29, 1.82) is 0 Å². The van der Waals surface area contributed by atoms with Crippen LogP contribution in [0.4, 0.5) is 4.39 Å². The molecule has 0 aliphatic heterocycles. The summed E-state index contributed by atoms with van der Waals surface area (Å²) < 4.78 is 13.1. The normalized spacial score (nSPS) is 11.5. The van der Waals surface area contributed by atoms with E-state index in [-0.39, 0.29) is 10.3 Å². The first-order chi connectivity index (χ1) is 6.81. The lowest BCUT2D eigenvalue weighted by atomic mass is 10.2. The molecule has 0 saturated heterocycles. The monoisotopic (exact) mass is 228 g/mol. The fourth-order valence-corrected chi connectivity index (χ4v) is 2.22. The van der Waals surface area contributed by atoms with Crippen LogP contribution >= 0.6 is 11.8 Å². The van der Waals surface area contributed by atoms with E-state index in [4.69, 9.17) is 5.11 Å². The Bertz CT molecular complexity index is 383. The molecule has 0 aliphatic rings. The minimum Gasteiger partial charge on any atom is -0.478 e. The summed E-state index contributed by atoms with van der Waals surface area (Å²) in [7, 11) is 0. The van der Waals surface area contributed by atoms with Gasteiger partial charge in [-0.05, 0) is 12.1 Å². The number of hydrogen-bond donors (Lipinski definition) is 1. The second-order valence-corrected chi connectivity index (χ2v) is 6.00. The minimum absolute atomic E-state index is 0.141. The molecule has 1 aromatic carbocycles. The molecule has 4 heteroatoms. The topological polar surface area (TPSA) is 37.3 Å². The van der Waals surface area contributed by atoms with Gasteiger partial charge in [0.15, 0.2) is 0 Å². The van der Waals surface area contributed by atoms with E-state index < -0.39 is 11.8 Å². The highest BCUT2D eigenvalue weighted by atomic mass is 32.2. The highest BCUT2D eigenvalue weighted by Gasteiger charge is 2.20. The number of aromatic carboxylic acids is 1. The number of hydrogen-bond acceptors (Lipinski definition) is 2. The summed E-state index contributed by atoms with van der Waals surface area (Å²) in [6.45, 7) is 5.86. The Morgan fingerprint density at radius 1 is 1.40 bits per heavy atom. The molecule has 0 bridgehead atoms. The molecule has 0 amide bonds. The SMILES string of the molecule is CC(C)(C)Sc1cccc(F)c1C(=O)O. The first-order valence-electron chi connectivity index (χ1n) is 4.52. The smallest absolute Gasteiger partial charge is 0.339 e. The third-order valence-corrected chi connectivity index (χ3v) is 2.78. The van der Waals surface area contributed by atoms with Gasteiger partial charge in [-0.3, -0.25) is 0 Å². The summed E-state index contributed by atoms with van der Waals surface area (Å²) in [6, 6.07) is 4.31. The van der Waals surface area contributed by atoms with Gasteiger partial charge in [-0.1, -0.05) is 26.8 Å². The van der Waals surface area contributed by atoms with Crippen molar-refractivity contribution in [3.63, 3.8) is 0 Å². The first-order valence-corrected chi connectivity index (χ1v) is 5.34. The number of carboxylic acids is 1. The summed E-state index contributed by atoms with van der Waals surface area (Å²) in [5, 5.41) is 8.89. The number of halogens is 1. The van der Waals surface area contributed by atoms with Crippen LogP contribution in [0.15, 0.2) is 23.1 Å². The van der Waals surface area contributed by atoms with Crippen molar-refractivity contribution in [3.8, 4) is 0 Å². The molecule has 0 saturated carbocycles. The summed E-state index contributed by atoms with van der Waals surface area (Å²) in [6.07, 6.45) is 0. The number of benzene rings is 1. The Kier molecular flexibility index (Phi) is 3.39. The van der Waals surface area contributed by atoms with Gasteiger partial charge in [-0.2, -0.15) is 0 Å². The maximum atomic E-state index is 13.3. The van der Waals surface area contributed by atoms with Gasteiger partial charge in [-0.15, -0.1) is 11.8 Å². The Morgan fingerprint density at radius 3 is 2.47 bits per heavy atom. The first kappa shape index (κ1) is 12.0. The lowest BCUT2D eigenvalue weighted by Gasteiger charge is -2.18. The molecule has 0 fully saturated rings. The lowest BCUT2D eigenvalue weighted by Crippen LogP contribution is -2.10. The van der Waals surface area contributed by atoms with Gasteiger partial charge in [0.1, 0.15) is 11.4 Å². The molecule has 0 radical (unpaired) electrons. The molecule has 15 heavy (non-hydrogen) atoms. The van der Waals surface area contributed by atoms with E-state index in [1.54, 1.807) is 6.07 Å². The van der Waals surface area contributed by atoms with Gasteiger partial charge in [0.05, 0.1) is 0 Å². The molecule has 82 valence electrons. The maximum absolute atomic E-state index is 13.3. The standard InChI is InChI=1S/C11H13FO2S/c1-11(2,3)15-8-6-4-5-7(12)9(8)10(13)14/h4-6H,1-3H3,(H,13,14). The van der Waals surface area contributed by atoms with Gasteiger partial charge in [0, 0.05) is 9.64 Å². The van der Waals surface area contributed by atoms with Crippen molar-refractivity contribution in [3.05, 3.63) is 29.6 Å². The molecule has 0 atom stereocenters. The zero-order chi connectivity index (χ0) is 11.6. The van der Waals surface area contributed by atoms with Crippen LogP contribution in [-0.2, 0) is 0 Å². The predicted molar refractivity (Wildman–Crippen MR) is 59.0 cm³/mol. The third-order valence-electron chi connectivity index (χ3n) is 1.61. The van der Waals surface area contributed by atoms with E-state index >= 15 is 0 Å².